The molecule has 1 aliphatic carbocycles. The van der Waals surface area contributed by atoms with E-state index in [1.165, 1.54) is 25.7 Å². The molecule has 0 unspecified atom stereocenters. The number of nitrogens with one attached hydrogen (secondary N) is 1. The molecular formula is C25H33N7. The van der Waals surface area contributed by atoms with Crippen molar-refractivity contribution < 1.29 is 0 Å². The van der Waals surface area contributed by atoms with E-state index in [1.807, 2.05) is 54.4 Å². The molecule has 1 fully saturated rings. The van der Waals surface area contributed by atoms with Gasteiger partial charge in [0.1, 0.15) is 11.6 Å². The van der Waals surface area contributed by atoms with Crippen molar-refractivity contribution in [3.63, 3.8) is 0 Å². The van der Waals surface area contributed by atoms with Crippen molar-refractivity contribution in [2.45, 2.75) is 45.1 Å². The molecule has 0 aliphatic heterocycles. The van der Waals surface area contributed by atoms with Gasteiger partial charge in [-0.05, 0) is 56.7 Å². The zero-order valence-electron chi connectivity index (χ0n) is 19.0. The maximum atomic E-state index is 5.79. The lowest BCUT2D eigenvalue weighted by atomic mass is 9.77. The molecule has 4 rings (SSSR count). The topological polar surface area (TPSA) is 92.9 Å². The fourth-order valence-electron chi connectivity index (χ4n) is 4.59. The minimum absolute atomic E-state index is 0.319. The number of anilines is 3. The first-order valence-electron chi connectivity index (χ1n) is 11.6. The Hall–Kier alpha value is -3.06. The Kier molecular flexibility index (Phi) is 7.27. The first-order valence-corrected chi connectivity index (χ1v) is 11.6. The summed E-state index contributed by atoms with van der Waals surface area (Å²) >= 11 is 0. The molecule has 0 radical (unpaired) electrons. The van der Waals surface area contributed by atoms with Crippen LogP contribution in [0.25, 0.3) is 11.4 Å². The van der Waals surface area contributed by atoms with Gasteiger partial charge in [0.05, 0.1) is 0 Å². The number of hydrogen-bond donors (Lipinski definition) is 2. The summed E-state index contributed by atoms with van der Waals surface area (Å²) in [7, 11) is 1.96. The minimum atomic E-state index is 0.319. The van der Waals surface area contributed by atoms with E-state index < -0.39 is 0 Å². The summed E-state index contributed by atoms with van der Waals surface area (Å²) in [4.78, 5) is 20.4. The van der Waals surface area contributed by atoms with Gasteiger partial charge >= 0.3 is 0 Å². The van der Waals surface area contributed by atoms with Crippen molar-refractivity contribution in [1.29, 1.82) is 0 Å². The highest BCUT2D eigenvalue weighted by Gasteiger charge is 2.26. The highest BCUT2D eigenvalue weighted by atomic mass is 15.3. The van der Waals surface area contributed by atoms with Crippen molar-refractivity contribution in [3.05, 3.63) is 54.9 Å². The van der Waals surface area contributed by atoms with E-state index in [0.717, 1.165) is 36.1 Å². The highest BCUT2D eigenvalue weighted by Crippen LogP contribution is 2.33. The third-order valence-corrected chi connectivity index (χ3v) is 6.46. The van der Waals surface area contributed by atoms with Crippen LogP contribution in [-0.4, -0.2) is 39.6 Å². The molecule has 2 heterocycles. The molecule has 3 N–H and O–H groups in total. The summed E-state index contributed by atoms with van der Waals surface area (Å²) in [6, 6.07) is 14.1. The van der Waals surface area contributed by atoms with Crippen LogP contribution >= 0.6 is 0 Å². The lowest BCUT2D eigenvalue weighted by Crippen LogP contribution is -2.31. The molecule has 0 bridgehead atoms. The Morgan fingerprint density at radius 2 is 1.78 bits per heavy atom. The van der Waals surface area contributed by atoms with Gasteiger partial charge < -0.3 is 16.0 Å². The summed E-state index contributed by atoms with van der Waals surface area (Å²) < 4.78 is 0. The van der Waals surface area contributed by atoms with E-state index in [2.05, 4.69) is 22.2 Å². The number of aromatic nitrogens is 4. The SMILES string of the molecule is C[C@H](Nc1nccc(N(C)c2ccnc(-c3ccccc3)n2)n1)[C@@H]1CCC[C@H](CCN)C1. The minimum Gasteiger partial charge on any atom is -0.351 e. The normalized spacial score (nSPS) is 19.3. The Morgan fingerprint density at radius 3 is 2.56 bits per heavy atom. The molecular weight excluding hydrogens is 398 g/mol. The van der Waals surface area contributed by atoms with Gasteiger partial charge in [-0.2, -0.15) is 4.98 Å². The van der Waals surface area contributed by atoms with Gasteiger partial charge in [-0.3, -0.25) is 0 Å². The molecule has 1 aromatic carbocycles. The number of hydrogen-bond acceptors (Lipinski definition) is 7. The van der Waals surface area contributed by atoms with Gasteiger partial charge in [-0.25, -0.2) is 15.0 Å². The molecule has 0 saturated heterocycles. The third kappa shape index (κ3) is 5.40. The standard InChI is InChI=1S/C25H33N7/c1-18(21-10-6-7-19(17-21)11-14-26)29-25-28-16-13-23(31-25)32(2)22-12-15-27-24(30-22)20-8-4-3-5-9-20/h3-5,8-9,12-13,15-16,18-19,21H,6-7,10-11,14,17,26H2,1-2H3,(H,28,29,31)/t18-,19+,21+/m0/s1. The van der Waals surface area contributed by atoms with Gasteiger partial charge in [-0.15, -0.1) is 0 Å². The molecule has 2 aromatic heterocycles. The maximum absolute atomic E-state index is 5.79. The summed E-state index contributed by atoms with van der Waals surface area (Å²) in [6.45, 7) is 3.03. The Labute approximate surface area is 190 Å². The second kappa shape index (κ2) is 10.5. The average molecular weight is 432 g/mol. The lowest BCUT2D eigenvalue weighted by Gasteiger charge is -2.33. The number of nitrogens with zero attached hydrogens (tertiary/aromatic N) is 5. The van der Waals surface area contributed by atoms with E-state index >= 15 is 0 Å². The number of nitrogens with two attached hydrogens (primary N) is 1. The van der Waals surface area contributed by atoms with Gasteiger partial charge in [0.25, 0.3) is 0 Å². The molecule has 3 atom stereocenters. The first kappa shape index (κ1) is 22.1. The highest BCUT2D eigenvalue weighted by molar-refractivity contribution is 5.61. The van der Waals surface area contributed by atoms with Crippen LogP contribution in [0.4, 0.5) is 17.6 Å². The van der Waals surface area contributed by atoms with Gasteiger partial charge in [0.15, 0.2) is 5.82 Å². The van der Waals surface area contributed by atoms with E-state index in [4.69, 9.17) is 15.7 Å². The van der Waals surface area contributed by atoms with E-state index in [1.54, 1.807) is 12.4 Å². The van der Waals surface area contributed by atoms with Gasteiger partial charge in [-0.1, -0.05) is 43.2 Å². The van der Waals surface area contributed by atoms with Crippen molar-refractivity contribution in [2.24, 2.45) is 17.6 Å². The van der Waals surface area contributed by atoms with E-state index in [9.17, 15) is 0 Å². The predicted octanol–water partition coefficient (Wildman–Crippen LogP) is 4.66. The summed E-state index contributed by atoms with van der Waals surface area (Å²) in [5.74, 6) is 4.30. The zero-order valence-corrected chi connectivity index (χ0v) is 19.0. The fourth-order valence-corrected chi connectivity index (χ4v) is 4.59. The van der Waals surface area contributed by atoms with Crippen LogP contribution in [0.5, 0.6) is 0 Å². The Bertz CT molecular complexity index is 992. The van der Waals surface area contributed by atoms with E-state index in [0.29, 0.717) is 23.7 Å². The van der Waals surface area contributed by atoms with Crippen LogP contribution in [-0.2, 0) is 0 Å². The number of rotatable bonds is 8. The van der Waals surface area contributed by atoms with Crippen molar-refractivity contribution in [3.8, 4) is 11.4 Å². The van der Waals surface area contributed by atoms with Crippen LogP contribution < -0.4 is 16.0 Å². The fraction of sp³-hybridized carbons (Fsp3) is 0.440. The first-order chi connectivity index (χ1) is 15.6. The van der Waals surface area contributed by atoms with Crippen molar-refractivity contribution >= 4 is 17.6 Å². The van der Waals surface area contributed by atoms with Crippen LogP contribution in [0, 0.1) is 11.8 Å². The van der Waals surface area contributed by atoms with Crippen LogP contribution in [0.2, 0.25) is 0 Å². The van der Waals surface area contributed by atoms with Gasteiger partial charge in [0.2, 0.25) is 5.95 Å². The molecule has 7 nitrogen and oxygen atoms in total. The van der Waals surface area contributed by atoms with Gasteiger partial charge in [0, 0.05) is 31.0 Å². The predicted molar refractivity (Wildman–Crippen MR) is 130 cm³/mol. The molecule has 1 aliphatic rings. The smallest absolute Gasteiger partial charge is 0.224 e. The van der Waals surface area contributed by atoms with Crippen molar-refractivity contribution in [2.75, 3.05) is 23.8 Å². The molecule has 0 amide bonds. The van der Waals surface area contributed by atoms with E-state index in [-0.39, 0.29) is 0 Å². The molecule has 168 valence electrons. The second-order valence-electron chi connectivity index (χ2n) is 8.71. The summed E-state index contributed by atoms with van der Waals surface area (Å²) in [5.41, 5.74) is 6.78. The Morgan fingerprint density at radius 1 is 1.03 bits per heavy atom. The number of benzene rings is 1. The maximum Gasteiger partial charge on any atom is 0.224 e. The van der Waals surface area contributed by atoms with Crippen LogP contribution in [0.3, 0.4) is 0 Å². The molecule has 32 heavy (non-hydrogen) atoms. The quantitative estimate of drug-likeness (QED) is 0.536. The monoisotopic (exact) mass is 431 g/mol. The molecule has 7 heteroatoms. The third-order valence-electron chi connectivity index (χ3n) is 6.46. The largest absolute Gasteiger partial charge is 0.351 e. The summed E-state index contributed by atoms with van der Waals surface area (Å²) in [6.07, 6.45) is 9.77. The van der Waals surface area contributed by atoms with Crippen molar-refractivity contribution in [1.82, 2.24) is 19.9 Å². The molecule has 0 spiro atoms. The Balaban J connectivity index is 1.46. The van der Waals surface area contributed by atoms with Crippen LogP contribution in [0.1, 0.15) is 39.0 Å². The molecule has 1 saturated carbocycles. The summed E-state index contributed by atoms with van der Waals surface area (Å²) in [5, 5.41) is 3.55. The lowest BCUT2D eigenvalue weighted by molar-refractivity contribution is 0.240. The molecule has 3 aromatic rings. The average Bonchev–Trinajstić information content (AvgIpc) is 2.85. The van der Waals surface area contributed by atoms with Crippen LogP contribution in [0.15, 0.2) is 54.9 Å². The second-order valence-corrected chi connectivity index (χ2v) is 8.71. The zero-order chi connectivity index (χ0) is 22.3.